The Hall–Kier alpha value is -0.610. The Labute approximate surface area is 98.0 Å². The molecule has 4 nitrogen and oxygen atoms in total. The fourth-order valence-corrected chi connectivity index (χ4v) is 2.20. The third-order valence-corrected chi connectivity index (χ3v) is 3.14. The molecule has 0 saturated carbocycles. The van der Waals surface area contributed by atoms with E-state index in [4.69, 9.17) is 0 Å². The van der Waals surface area contributed by atoms with Gasteiger partial charge in [0.15, 0.2) is 0 Å². The van der Waals surface area contributed by atoms with E-state index in [1.807, 2.05) is 11.8 Å². The maximum Gasteiger partial charge on any atom is 0.224 e. The fraction of sp³-hybridized carbons (Fsp3) is 0.917. The van der Waals surface area contributed by atoms with Gasteiger partial charge in [-0.05, 0) is 19.8 Å². The van der Waals surface area contributed by atoms with Crippen LogP contribution in [0.4, 0.5) is 0 Å². The van der Waals surface area contributed by atoms with Gasteiger partial charge in [0.25, 0.3) is 0 Å². The van der Waals surface area contributed by atoms with Gasteiger partial charge >= 0.3 is 0 Å². The van der Waals surface area contributed by atoms with E-state index in [2.05, 4.69) is 12.2 Å². The Morgan fingerprint density at radius 3 is 2.81 bits per heavy atom. The van der Waals surface area contributed by atoms with Crippen molar-refractivity contribution in [2.24, 2.45) is 5.92 Å². The molecule has 0 bridgehead atoms. The van der Waals surface area contributed by atoms with Gasteiger partial charge in [-0.15, -0.1) is 0 Å². The van der Waals surface area contributed by atoms with Gasteiger partial charge in [-0.1, -0.05) is 19.8 Å². The summed E-state index contributed by atoms with van der Waals surface area (Å²) < 4.78 is 0. The van der Waals surface area contributed by atoms with Crippen LogP contribution in [-0.4, -0.2) is 41.8 Å². The van der Waals surface area contributed by atoms with Crippen molar-refractivity contribution in [1.29, 1.82) is 0 Å². The number of amides is 1. The molecule has 1 fully saturated rings. The fourth-order valence-electron chi connectivity index (χ4n) is 2.20. The third kappa shape index (κ3) is 3.76. The Morgan fingerprint density at radius 1 is 1.44 bits per heavy atom. The highest BCUT2D eigenvalue weighted by Crippen LogP contribution is 2.22. The zero-order chi connectivity index (χ0) is 12.0. The van der Waals surface area contributed by atoms with Gasteiger partial charge in [0, 0.05) is 19.6 Å². The Kier molecular flexibility index (Phi) is 5.77. The highest BCUT2D eigenvalue weighted by atomic mass is 16.3. The first-order valence-corrected chi connectivity index (χ1v) is 6.38. The molecular weight excluding hydrogens is 204 g/mol. The number of carbonyl (C=O) groups is 1. The van der Waals surface area contributed by atoms with Crippen LogP contribution < -0.4 is 5.32 Å². The molecule has 1 amide bonds. The molecule has 1 heterocycles. The van der Waals surface area contributed by atoms with Crippen LogP contribution in [-0.2, 0) is 4.79 Å². The lowest BCUT2D eigenvalue weighted by Crippen LogP contribution is -2.33. The highest BCUT2D eigenvalue weighted by molar-refractivity contribution is 5.79. The molecule has 2 unspecified atom stereocenters. The average Bonchev–Trinajstić information content (AvgIpc) is 2.61. The minimum atomic E-state index is -0.426. The number of hydrogen-bond donors (Lipinski definition) is 2. The van der Waals surface area contributed by atoms with Gasteiger partial charge < -0.3 is 10.4 Å². The summed E-state index contributed by atoms with van der Waals surface area (Å²) in [6.45, 7) is 6.36. The highest BCUT2D eigenvalue weighted by Gasteiger charge is 2.34. The van der Waals surface area contributed by atoms with E-state index in [1.54, 1.807) is 0 Å². The van der Waals surface area contributed by atoms with Crippen LogP contribution in [0, 0.1) is 5.92 Å². The molecule has 0 aromatic carbocycles. The van der Waals surface area contributed by atoms with Crippen LogP contribution in [0.1, 0.15) is 39.5 Å². The van der Waals surface area contributed by atoms with E-state index in [1.165, 1.54) is 12.8 Å². The predicted molar refractivity (Wildman–Crippen MR) is 63.9 cm³/mol. The average molecular weight is 228 g/mol. The normalized spacial score (nSPS) is 25.9. The first-order valence-electron chi connectivity index (χ1n) is 6.38. The second kappa shape index (κ2) is 6.86. The number of carbonyl (C=O) groups excluding carboxylic acids is 1. The molecule has 0 spiro atoms. The van der Waals surface area contributed by atoms with E-state index in [9.17, 15) is 9.90 Å². The second-order valence-corrected chi connectivity index (χ2v) is 4.51. The largest absolute Gasteiger partial charge is 0.378 e. The summed E-state index contributed by atoms with van der Waals surface area (Å²) in [5.74, 6) is 0.0520. The van der Waals surface area contributed by atoms with E-state index >= 15 is 0 Å². The smallest absolute Gasteiger partial charge is 0.224 e. The SMILES string of the molecule is CCCCCN1CC(C(=O)NCC)CC1O. The van der Waals surface area contributed by atoms with Gasteiger partial charge in [-0.25, -0.2) is 0 Å². The number of hydrogen-bond acceptors (Lipinski definition) is 3. The number of unbranched alkanes of at least 4 members (excludes halogenated alkanes) is 2. The monoisotopic (exact) mass is 228 g/mol. The molecule has 94 valence electrons. The summed E-state index contributed by atoms with van der Waals surface area (Å²) in [4.78, 5) is 13.6. The molecule has 1 saturated heterocycles. The first-order chi connectivity index (χ1) is 7.69. The molecule has 1 aliphatic rings. The number of aliphatic hydroxyl groups excluding tert-OH is 1. The molecule has 16 heavy (non-hydrogen) atoms. The van der Waals surface area contributed by atoms with Crippen LogP contribution in [0.25, 0.3) is 0 Å². The zero-order valence-electron chi connectivity index (χ0n) is 10.4. The molecule has 0 aliphatic carbocycles. The maximum atomic E-state index is 11.6. The molecule has 1 rings (SSSR count). The van der Waals surface area contributed by atoms with Crippen molar-refractivity contribution < 1.29 is 9.90 Å². The molecule has 2 N–H and O–H groups in total. The molecular formula is C12H24N2O2. The van der Waals surface area contributed by atoms with Crippen LogP contribution in [0.5, 0.6) is 0 Å². The summed E-state index contributed by atoms with van der Waals surface area (Å²) in [5, 5.41) is 12.6. The van der Waals surface area contributed by atoms with E-state index in [-0.39, 0.29) is 11.8 Å². The number of nitrogens with one attached hydrogen (secondary N) is 1. The van der Waals surface area contributed by atoms with Gasteiger partial charge in [0.2, 0.25) is 5.91 Å². The van der Waals surface area contributed by atoms with Crippen LogP contribution in [0.15, 0.2) is 0 Å². The summed E-state index contributed by atoms with van der Waals surface area (Å²) in [5.41, 5.74) is 0. The Morgan fingerprint density at radius 2 is 2.19 bits per heavy atom. The second-order valence-electron chi connectivity index (χ2n) is 4.51. The van der Waals surface area contributed by atoms with Crippen molar-refractivity contribution >= 4 is 5.91 Å². The lowest BCUT2D eigenvalue weighted by Gasteiger charge is -2.19. The first kappa shape index (κ1) is 13.5. The van der Waals surface area contributed by atoms with Crippen molar-refractivity contribution in [1.82, 2.24) is 10.2 Å². The summed E-state index contributed by atoms with van der Waals surface area (Å²) in [7, 11) is 0. The number of aliphatic hydroxyl groups is 1. The predicted octanol–water partition coefficient (Wildman–Crippen LogP) is 0.953. The summed E-state index contributed by atoms with van der Waals surface area (Å²) >= 11 is 0. The standard InChI is InChI=1S/C12H24N2O2/c1-3-5-6-7-14-9-10(8-11(14)15)12(16)13-4-2/h10-11,15H,3-9H2,1-2H3,(H,13,16). The number of likely N-dealkylation sites (tertiary alicyclic amines) is 1. The van der Waals surface area contributed by atoms with Crippen molar-refractivity contribution in [2.45, 2.75) is 45.8 Å². The minimum Gasteiger partial charge on any atom is -0.378 e. The van der Waals surface area contributed by atoms with E-state index < -0.39 is 6.23 Å². The van der Waals surface area contributed by atoms with Crippen LogP contribution in [0.2, 0.25) is 0 Å². The van der Waals surface area contributed by atoms with Gasteiger partial charge in [-0.2, -0.15) is 0 Å². The molecule has 0 radical (unpaired) electrons. The quantitative estimate of drug-likeness (QED) is 0.666. The lowest BCUT2D eigenvalue weighted by atomic mass is 10.1. The zero-order valence-corrected chi connectivity index (χ0v) is 10.4. The lowest BCUT2D eigenvalue weighted by molar-refractivity contribution is -0.124. The summed E-state index contributed by atoms with van der Waals surface area (Å²) in [6.07, 6.45) is 3.64. The molecule has 1 aliphatic heterocycles. The third-order valence-electron chi connectivity index (χ3n) is 3.14. The van der Waals surface area contributed by atoms with Gasteiger partial charge in [0.1, 0.15) is 6.23 Å². The van der Waals surface area contributed by atoms with Crippen LogP contribution in [0.3, 0.4) is 0 Å². The number of rotatable bonds is 6. The number of nitrogens with zero attached hydrogens (tertiary/aromatic N) is 1. The van der Waals surface area contributed by atoms with Crippen molar-refractivity contribution in [3.63, 3.8) is 0 Å². The molecule has 2 atom stereocenters. The van der Waals surface area contributed by atoms with E-state index in [0.717, 1.165) is 13.0 Å². The Balaban J connectivity index is 2.32. The van der Waals surface area contributed by atoms with Crippen molar-refractivity contribution in [2.75, 3.05) is 19.6 Å². The minimum absolute atomic E-state index is 0.0309. The summed E-state index contributed by atoms with van der Waals surface area (Å²) in [6, 6.07) is 0. The van der Waals surface area contributed by atoms with E-state index in [0.29, 0.717) is 19.5 Å². The van der Waals surface area contributed by atoms with Crippen molar-refractivity contribution in [3.8, 4) is 0 Å². The topological polar surface area (TPSA) is 52.6 Å². The molecule has 0 aromatic heterocycles. The molecule has 0 aromatic rings. The van der Waals surface area contributed by atoms with Gasteiger partial charge in [-0.3, -0.25) is 9.69 Å². The van der Waals surface area contributed by atoms with Crippen molar-refractivity contribution in [3.05, 3.63) is 0 Å². The Bertz CT molecular complexity index is 221. The maximum absolute atomic E-state index is 11.6. The van der Waals surface area contributed by atoms with Crippen LogP contribution >= 0.6 is 0 Å². The molecule has 4 heteroatoms. The van der Waals surface area contributed by atoms with Gasteiger partial charge in [0.05, 0.1) is 5.92 Å².